The summed E-state index contributed by atoms with van der Waals surface area (Å²) < 4.78 is 6.04. The van der Waals surface area contributed by atoms with Crippen LogP contribution in [0.25, 0.3) is 0 Å². The van der Waals surface area contributed by atoms with Gasteiger partial charge in [-0.2, -0.15) is 0 Å². The van der Waals surface area contributed by atoms with Crippen molar-refractivity contribution >= 4 is 85.4 Å². The van der Waals surface area contributed by atoms with Crippen molar-refractivity contribution in [2.45, 2.75) is 10.9 Å². The van der Waals surface area contributed by atoms with Crippen molar-refractivity contribution in [3.63, 3.8) is 0 Å². The van der Waals surface area contributed by atoms with E-state index < -0.39 is 10.8 Å². The second-order valence-electron chi connectivity index (χ2n) is 6.84. The van der Waals surface area contributed by atoms with Gasteiger partial charge in [-0.1, -0.05) is 63.7 Å². The first kappa shape index (κ1) is 26.7. The Morgan fingerprint density at radius 2 is 1.81 bits per heavy atom. The zero-order valence-electron chi connectivity index (χ0n) is 18.2. The van der Waals surface area contributed by atoms with Crippen LogP contribution >= 0.6 is 57.6 Å². The summed E-state index contributed by atoms with van der Waals surface area (Å²) >= 11 is 15.3. The van der Waals surface area contributed by atoms with Crippen LogP contribution in [0.1, 0.15) is 15.4 Å². The number of carbonyl (C=O) groups excluding carboxylic acids is 2. The van der Waals surface area contributed by atoms with Gasteiger partial charge in [0.15, 0.2) is 9.35 Å². The molecule has 0 radical (unpaired) electrons. The van der Waals surface area contributed by atoms with Gasteiger partial charge in [-0.3, -0.25) is 30.3 Å². The molecule has 190 valence electrons. The number of non-ortho nitro benzene ring substituents is 1. The van der Waals surface area contributed by atoms with Crippen molar-refractivity contribution in [2.75, 3.05) is 16.4 Å². The van der Waals surface area contributed by atoms with Crippen molar-refractivity contribution in [3.05, 3.63) is 73.2 Å². The van der Waals surface area contributed by atoms with E-state index in [0.717, 1.165) is 40.5 Å². The third-order valence-electron chi connectivity index (χ3n) is 4.23. The van der Waals surface area contributed by atoms with E-state index in [2.05, 4.69) is 31.0 Å². The first-order chi connectivity index (χ1) is 17.8. The standard InChI is InChI=1S/C20H13Cl2N7O5S3/c21-11-4-5-14(13(22)7-11)34-8-16-25-26-18(36-16)23-15(30)9-35-20-28-27-19(37-20)24-17(31)10-2-1-3-12(6-10)29(32)33/h1-7H,8-9H2,(H,23,26,30)(H,24,27,31). The molecule has 0 saturated heterocycles. The van der Waals surface area contributed by atoms with Crippen LogP contribution < -0.4 is 15.4 Å². The van der Waals surface area contributed by atoms with E-state index in [9.17, 15) is 19.7 Å². The molecule has 0 bridgehead atoms. The molecular weight excluding hydrogens is 585 g/mol. The highest BCUT2D eigenvalue weighted by atomic mass is 35.5. The lowest BCUT2D eigenvalue weighted by atomic mass is 10.2. The molecule has 2 N–H and O–H groups in total. The zero-order chi connectivity index (χ0) is 26.4. The van der Waals surface area contributed by atoms with Crippen molar-refractivity contribution < 1.29 is 19.2 Å². The summed E-state index contributed by atoms with van der Waals surface area (Å²) in [6.07, 6.45) is 0. The summed E-state index contributed by atoms with van der Waals surface area (Å²) in [6.45, 7) is 0.110. The molecule has 0 aliphatic carbocycles. The van der Waals surface area contributed by atoms with Crippen LogP contribution in [0.5, 0.6) is 5.75 Å². The normalized spacial score (nSPS) is 10.6. The highest BCUT2D eigenvalue weighted by Crippen LogP contribution is 2.29. The number of hydrogen-bond acceptors (Lipinski definition) is 12. The van der Waals surface area contributed by atoms with Crippen LogP contribution in [-0.4, -0.2) is 42.9 Å². The lowest BCUT2D eigenvalue weighted by Gasteiger charge is -2.05. The lowest BCUT2D eigenvalue weighted by molar-refractivity contribution is -0.384. The average molecular weight is 598 g/mol. The number of hydrogen-bond donors (Lipinski definition) is 2. The molecule has 17 heteroatoms. The summed E-state index contributed by atoms with van der Waals surface area (Å²) in [4.78, 5) is 34.9. The Balaban J connectivity index is 1.24. The Hall–Kier alpha value is -3.37. The van der Waals surface area contributed by atoms with E-state index in [1.54, 1.807) is 18.2 Å². The third-order valence-corrected chi connectivity index (χ3v) is 7.55. The Labute approximate surface area is 230 Å². The fourth-order valence-electron chi connectivity index (χ4n) is 2.63. The Bertz CT molecular complexity index is 1470. The number of rotatable bonds is 10. The van der Waals surface area contributed by atoms with Crippen LogP contribution in [0.3, 0.4) is 0 Å². The molecule has 0 spiro atoms. The molecule has 0 fully saturated rings. The molecule has 2 amide bonds. The number of nitro groups is 1. The molecule has 0 unspecified atom stereocenters. The molecule has 0 saturated carbocycles. The van der Waals surface area contributed by atoms with Gasteiger partial charge in [-0.15, -0.1) is 20.4 Å². The van der Waals surface area contributed by atoms with Gasteiger partial charge in [0.1, 0.15) is 12.4 Å². The quantitative estimate of drug-likeness (QED) is 0.108. The van der Waals surface area contributed by atoms with Crippen LogP contribution in [0, 0.1) is 10.1 Å². The molecule has 0 atom stereocenters. The van der Waals surface area contributed by atoms with Gasteiger partial charge in [-0.25, -0.2) is 0 Å². The first-order valence-corrected chi connectivity index (χ1v) is 13.4. The molecule has 2 heterocycles. The second kappa shape index (κ2) is 12.2. The molecular formula is C20H13Cl2N7O5S3. The fourth-order valence-corrected chi connectivity index (χ4v) is 5.30. The van der Waals surface area contributed by atoms with Gasteiger partial charge < -0.3 is 4.74 Å². The highest BCUT2D eigenvalue weighted by Gasteiger charge is 2.15. The lowest BCUT2D eigenvalue weighted by Crippen LogP contribution is -2.13. The van der Waals surface area contributed by atoms with Crippen molar-refractivity contribution in [1.29, 1.82) is 0 Å². The minimum Gasteiger partial charge on any atom is -0.485 e. The second-order valence-corrected chi connectivity index (χ2v) is 10.9. The molecule has 2 aromatic heterocycles. The number of thioether (sulfide) groups is 1. The zero-order valence-corrected chi connectivity index (χ0v) is 22.2. The van der Waals surface area contributed by atoms with Gasteiger partial charge in [0, 0.05) is 22.7 Å². The maximum atomic E-state index is 12.3. The van der Waals surface area contributed by atoms with Crippen LogP contribution in [0.4, 0.5) is 16.0 Å². The number of nitrogens with zero attached hydrogens (tertiary/aromatic N) is 5. The minimum atomic E-state index is -0.588. The maximum Gasteiger partial charge on any atom is 0.270 e. The molecule has 4 aromatic rings. The van der Waals surface area contributed by atoms with Crippen molar-refractivity contribution in [2.24, 2.45) is 0 Å². The summed E-state index contributed by atoms with van der Waals surface area (Å²) in [5.74, 6) is -0.449. The smallest absolute Gasteiger partial charge is 0.270 e. The number of nitro benzene ring substituents is 1. The molecule has 37 heavy (non-hydrogen) atoms. The van der Waals surface area contributed by atoms with Gasteiger partial charge >= 0.3 is 0 Å². The Morgan fingerprint density at radius 1 is 1.03 bits per heavy atom. The number of anilines is 2. The third kappa shape index (κ3) is 7.56. The van der Waals surface area contributed by atoms with E-state index in [1.165, 1.54) is 18.2 Å². The fraction of sp³-hybridized carbons (Fsp3) is 0.100. The number of halogens is 2. The monoisotopic (exact) mass is 597 g/mol. The predicted octanol–water partition coefficient (Wildman–Crippen LogP) is 5.17. The van der Waals surface area contributed by atoms with Gasteiger partial charge in [0.25, 0.3) is 11.6 Å². The summed E-state index contributed by atoms with van der Waals surface area (Å²) in [5.41, 5.74) is -0.0933. The largest absolute Gasteiger partial charge is 0.485 e. The van der Waals surface area contributed by atoms with E-state index in [1.807, 2.05) is 0 Å². The number of ether oxygens (including phenoxy) is 1. The average Bonchev–Trinajstić information content (AvgIpc) is 3.51. The number of nitrogens with one attached hydrogen (secondary N) is 2. The molecule has 0 aliphatic heterocycles. The number of amides is 2. The van der Waals surface area contributed by atoms with Gasteiger partial charge in [0.05, 0.1) is 15.7 Å². The van der Waals surface area contributed by atoms with Crippen LogP contribution in [0.2, 0.25) is 10.0 Å². The summed E-state index contributed by atoms with van der Waals surface area (Å²) in [6, 6.07) is 10.2. The number of aromatic nitrogens is 4. The van der Waals surface area contributed by atoms with E-state index >= 15 is 0 Å². The predicted molar refractivity (Wildman–Crippen MR) is 141 cm³/mol. The minimum absolute atomic E-state index is 0.0132. The first-order valence-electron chi connectivity index (χ1n) is 9.99. The molecule has 12 nitrogen and oxygen atoms in total. The summed E-state index contributed by atoms with van der Waals surface area (Å²) in [5, 5.41) is 33.6. The highest BCUT2D eigenvalue weighted by molar-refractivity contribution is 8.01. The topological polar surface area (TPSA) is 162 Å². The van der Waals surface area contributed by atoms with E-state index in [4.69, 9.17) is 27.9 Å². The van der Waals surface area contributed by atoms with Gasteiger partial charge in [0.2, 0.25) is 16.2 Å². The van der Waals surface area contributed by atoms with E-state index in [-0.39, 0.29) is 34.6 Å². The molecule has 0 aliphatic rings. The van der Waals surface area contributed by atoms with Crippen LogP contribution in [-0.2, 0) is 11.4 Å². The Kier molecular flexibility index (Phi) is 8.83. The molecule has 2 aromatic carbocycles. The molecule has 4 rings (SSSR count). The van der Waals surface area contributed by atoms with Crippen LogP contribution in [0.15, 0.2) is 46.8 Å². The van der Waals surface area contributed by atoms with Crippen molar-refractivity contribution in [3.8, 4) is 5.75 Å². The Morgan fingerprint density at radius 3 is 2.59 bits per heavy atom. The number of carbonyl (C=O) groups is 2. The number of benzene rings is 2. The van der Waals surface area contributed by atoms with Gasteiger partial charge in [-0.05, 0) is 24.3 Å². The van der Waals surface area contributed by atoms with Crippen molar-refractivity contribution in [1.82, 2.24) is 20.4 Å². The maximum absolute atomic E-state index is 12.3. The van der Waals surface area contributed by atoms with E-state index in [0.29, 0.717) is 30.3 Å². The summed E-state index contributed by atoms with van der Waals surface area (Å²) in [7, 11) is 0. The SMILES string of the molecule is O=C(CSc1nnc(NC(=O)c2cccc([N+](=O)[O-])c2)s1)Nc1nnc(COc2ccc(Cl)cc2Cl)s1.